The number of allylic oxidation sites excluding steroid dienone is 2. The summed E-state index contributed by atoms with van der Waals surface area (Å²) >= 11 is 0. The molecule has 0 radical (unpaired) electrons. The van der Waals surface area contributed by atoms with Crippen LogP contribution in [0, 0.1) is 5.82 Å². The first-order valence-corrected chi connectivity index (χ1v) is 9.81. The molecule has 2 amide bonds. The zero-order valence-electron chi connectivity index (χ0n) is 17.1. The Morgan fingerprint density at radius 1 is 1.09 bits per heavy atom. The number of carbonyl (C=O) groups excluding carboxylic acids is 1. The van der Waals surface area contributed by atoms with Gasteiger partial charge in [-0.2, -0.15) is 13.2 Å². The van der Waals surface area contributed by atoms with Crippen molar-refractivity contribution in [2.75, 3.05) is 24.2 Å². The summed E-state index contributed by atoms with van der Waals surface area (Å²) in [5.74, 6) is -0.961. The van der Waals surface area contributed by atoms with Crippen LogP contribution in [-0.4, -0.2) is 29.1 Å². The van der Waals surface area contributed by atoms with Crippen molar-refractivity contribution in [1.82, 2.24) is 9.47 Å². The summed E-state index contributed by atoms with van der Waals surface area (Å²) in [5, 5.41) is 5.51. The Morgan fingerprint density at radius 2 is 1.88 bits per heavy atom. The summed E-state index contributed by atoms with van der Waals surface area (Å²) in [5.41, 5.74) is 0.880. The van der Waals surface area contributed by atoms with Gasteiger partial charge in [-0.15, -0.1) is 0 Å². The van der Waals surface area contributed by atoms with Gasteiger partial charge >= 0.3 is 12.2 Å². The molecule has 5 nitrogen and oxygen atoms in total. The molecule has 32 heavy (non-hydrogen) atoms. The average molecular weight is 444 g/mol. The molecule has 2 heterocycles. The molecule has 1 aliphatic rings. The molecule has 2 aromatic carbocycles. The van der Waals surface area contributed by atoms with Gasteiger partial charge in [0.1, 0.15) is 5.82 Å². The van der Waals surface area contributed by atoms with Crippen molar-refractivity contribution in [3.63, 3.8) is 0 Å². The van der Waals surface area contributed by atoms with Crippen molar-refractivity contribution >= 4 is 28.3 Å². The molecule has 1 aliphatic heterocycles. The van der Waals surface area contributed by atoms with Crippen LogP contribution in [0.1, 0.15) is 5.56 Å². The van der Waals surface area contributed by atoms with Crippen molar-refractivity contribution in [1.29, 1.82) is 0 Å². The second-order valence-electron chi connectivity index (χ2n) is 7.49. The Hall–Kier alpha value is -3.75. The van der Waals surface area contributed by atoms with Crippen LogP contribution in [0.2, 0.25) is 0 Å². The molecule has 2 N–H and O–H groups in total. The largest absolute Gasteiger partial charge is 0.416 e. The number of fused-ring (bicyclic) bond motifs is 1. The molecule has 0 atom stereocenters. The fourth-order valence-corrected chi connectivity index (χ4v) is 3.47. The molecule has 0 fully saturated rings. The minimum Gasteiger partial charge on any atom is -0.377 e. The van der Waals surface area contributed by atoms with E-state index in [0.717, 1.165) is 23.0 Å². The summed E-state index contributed by atoms with van der Waals surface area (Å²) in [4.78, 5) is 14.5. The lowest BCUT2D eigenvalue weighted by Crippen LogP contribution is -2.20. The van der Waals surface area contributed by atoms with Gasteiger partial charge in [0.15, 0.2) is 0 Å². The summed E-state index contributed by atoms with van der Waals surface area (Å²) in [6.07, 6.45) is 3.42. The second kappa shape index (κ2) is 8.41. The van der Waals surface area contributed by atoms with Crippen LogP contribution in [0.3, 0.4) is 0 Å². The van der Waals surface area contributed by atoms with Crippen LogP contribution in [0.25, 0.3) is 10.9 Å². The van der Waals surface area contributed by atoms with Crippen molar-refractivity contribution in [3.05, 3.63) is 84.0 Å². The Kier molecular flexibility index (Phi) is 5.65. The van der Waals surface area contributed by atoms with Gasteiger partial charge in [-0.1, -0.05) is 12.1 Å². The first kappa shape index (κ1) is 21.5. The highest BCUT2D eigenvalue weighted by molar-refractivity contribution is 6.05. The molecule has 0 spiro atoms. The third kappa shape index (κ3) is 4.61. The Morgan fingerprint density at radius 3 is 2.59 bits per heavy atom. The summed E-state index contributed by atoms with van der Waals surface area (Å²) in [6, 6.07) is 8.20. The van der Waals surface area contributed by atoms with E-state index in [1.54, 1.807) is 12.1 Å². The lowest BCUT2D eigenvalue weighted by atomic mass is 10.2. The quantitative estimate of drug-likeness (QED) is 0.498. The van der Waals surface area contributed by atoms with Gasteiger partial charge in [-0.05, 0) is 54.2 Å². The fraction of sp³-hybridized carbons (Fsp3) is 0.174. The minimum atomic E-state index is -4.65. The SMILES string of the molecule is CN1C=CC(Cn2ccc3c(NC(=O)Nc4cc(C(F)(F)F)ccc4F)cccc32)=CC1. The van der Waals surface area contributed by atoms with E-state index in [1.165, 1.54) is 0 Å². The predicted molar refractivity (Wildman–Crippen MR) is 116 cm³/mol. The second-order valence-corrected chi connectivity index (χ2v) is 7.49. The highest BCUT2D eigenvalue weighted by Crippen LogP contribution is 2.32. The van der Waals surface area contributed by atoms with Gasteiger partial charge in [0.05, 0.1) is 22.5 Å². The number of carbonyl (C=O) groups is 1. The molecule has 0 saturated heterocycles. The first-order valence-electron chi connectivity index (χ1n) is 9.81. The number of aromatic nitrogens is 1. The van der Waals surface area contributed by atoms with E-state index in [4.69, 9.17) is 0 Å². The molecular weight excluding hydrogens is 424 g/mol. The number of hydrogen-bond acceptors (Lipinski definition) is 2. The molecule has 4 rings (SSSR count). The zero-order chi connectivity index (χ0) is 22.9. The number of likely N-dealkylation sites (N-methyl/N-ethyl adjacent to an activating group) is 1. The van der Waals surface area contributed by atoms with Crippen LogP contribution in [0.5, 0.6) is 0 Å². The normalized spacial score (nSPS) is 13.9. The number of alkyl halides is 3. The van der Waals surface area contributed by atoms with Crippen molar-refractivity contribution in [2.24, 2.45) is 0 Å². The average Bonchev–Trinajstić information content (AvgIpc) is 3.14. The van der Waals surface area contributed by atoms with Crippen LogP contribution < -0.4 is 10.6 Å². The molecule has 0 aliphatic carbocycles. The third-order valence-corrected chi connectivity index (χ3v) is 5.14. The van der Waals surface area contributed by atoms with Gasteiger partial charge in [0.25, 0.3) is 0 Å². The van der Waals surface area contributed by atoms with Gasteiger partial charge in [0, 0.05) is 31.7 Å². The summed E-state index contributed by atoms with van der Waals surface area (Å²) in [7, 11) is 1.99. The fourth-order valence-electron chi connectivity index (χ4n) is 3.47. The molecule has 3 aromatic rings. The first-order chi connectivity index (χ1) is 15.2. The maximum Gasteiger partial charge on any atom is 0.416 e. The van der Waals surface area contributed by atoms with Gasteiger partial charge < -0.3 is 20.1 Å². The van der Waals surface area contributed by atoms with E-state index in [0.29, 0.717) is 30.4 Å². The highest BCUT2D eigenvalue weighted by atomic mass is 19.4. The smallest absolute Gasteiger partial charge is 0.377 e. The molecule has 1 aromatic heterocycles. The van der Waals surface area contributed by atoms with Crippen LogP contribution >= 0.6 is 0 Å². The van der Waals surface area contributed by atoms with E-state index in [-0.39, 0.29) is 0 Å². The number of hydrogen-bond donors (Lipinski definition) is 2. The van der Waals surface area contributed by atoms with Crippen LogP contribution in [0.15, 0.2) is 72.6 Å². The number of nitrogens with one attached hydrogen (secondary N) is 2. The molecule has 166 valence electrons. The number of anilines is 2. The topological polar surface area (TPSA) is 49.3 Å². The highest BCUT2D eigenvalue weighted by Gasteiger charge is 2.31. The number of halogens is 4. The lowest BCUT2D eigenvalue weighted by Gasteiger charge is -2.18. The molecule has 0 bridgehead atoms. The number of rotatable bonds is 4. The predicted octanol–water partition coefficient (Wildman–Crippen LogP) is 5.83. The third-order valence-electron chi connectivity index (χ3n) is 5.14. The zero-order valence-corrected chi connectivity index (χ0v) is 17.1. The van der Waals surface area contributed by atoms with Crippen LogP contribution in [0.4, 0.5) is 33.7 Å². The van der Waals surface area contributed by atoms with E-state index >= 15 is 0 Å². The van der Waals surface area contributed by atoms with Crippen LogP contribution in [-0.2, 0) is 12.7 Å². The summed E-state index contributed by atoms with van der Waals surface area (Å²) < 4.78 is 54.6. The van der Waals surface area contributed by atoms with E-state index in [1.807, 2.05) is 42.2 Å². The van der Waals surface area contributed by atoms with E-state index in [2.05, 4.69) is 21.6 Å². The Bertz CT molecular complexity index is 1230. The monoisotopic (exact) mass is 444 g/mol. The van der Waals surface area contributed by atoms with Gasteiger partial charge in [-0.25, -0.2) is 9.18 Å². The van der Waals surface area contributed by atoms with Gasteiger partial charge in [0.2, 0.25) is 0 Å². The molecule has 0 unspecified atom stereocenters. The standard InChI is InChI=1S/C23H20F4N4O/c1-30-10-7-15(8-11-30)14-31-12-9-17-19(3-2-4-21(17)31)28-22(32)29-20-13-16(23(25,26)27)5-6-18(20)24/h2-10,12-13H,11,14H2,1H3,(H2,28,29,32). The summed E-state index contributed by atoms with van der Waals surface area (Å²) in [6.45, 7) is 1.48. The van der Waals surface area contributed by atoms with Crippen molar-refractivity contribution < 1.29 is 22.4 Å². The molecule has 0 saturated carbocycles. The lowest BCUT2D eigenvalue weighted by molar-refractivity contribution is -0.137. The maximum atomic E-state index is 13.9. The minimum absolute atomic E-state index is 0.457. The number of benzene rings is 2. The van der Waals surface area contributed by atoms with E-state index in [9.17, 15) is 22.4 Å². The Balaban J connectivity index is 1.52. The van der Waals surface area contributed by atoms with Crippen molar-refractivity contribution in [2.45, 2.75) is 12.7 Å². The number of amides is 2. The molecular formula is C23H20F4N4O. The maximum absolute atomic E-state index is 13.9. The Labute approximate surface area is 181 Å². The van der Waals surface area contributed by atoms with Gasteiger partial charge in [-0.3, -0.25) is 0 Å². The molecule has 9 heteroatoms. The van der Waals surface area contributed by atoms with Crippen molar-refractivity contribution in [3.8, 4) is 0 Å². The van der Waals surface area contributed by atoms with E-state index < -0.39 is 29.3 Å². The number of urea groups is 1. The number of nitrogens with zero attached hydrogens (tertiary/aromatic N) is 2.